The highest BCUT2D eigenvalue weighted by Crippen LogP contribution is 2.55. The highest BCUT2D eigenvalue weighted by atomic mass is 15.2. The maximum Gasteiger partial charge on any atom is 0.0191 e. The van der Waals surface area contributed by atoms with Gasteiger partial charge in [0.1, 0.15) is 0 Å². The van der Waals surface area contributed by atoms with Gasteiger partial charge in [-0.2, -0.15) is 0 Å². The molecule has 1 nitrogen and oxygen atoms in total. The highest BCUT2D eigenvalue weighted by molar-refractivity contribution is 5.04. The Kier molecular flexibility index (Phi) is 3.84. The van der Waals surface area contributed by atoms with Gasteiger partial charge in [0.15, 0.2) is 0 Å². The Balaban J connectivity index is 2.25. The second-order valence-corrected chi connectivity index (χ2v) is 8.09. The molecule has 1 aliphatic carbocycles. The summed E-state index contributed by atoms with van der Waals surface area (Å²) in [6.45, 7) is 15.1. The molecule has 1 heterocycles. The highest BCUT2D eigenvalue weighted by Gasteiger charge is 2.50. The van der Waals surface area contributed by atoms with Crippen LogP contribution in [0.3, 0.4) is 0 Å². The molecule has 0 aromatic rings. The van der Waals surface area contributed by atoms with Gasteiger partial charge in [0.2, 0.25) is 0 Å². The van der Waals surface area contributed by atoms with Crippen molar-refractivity contribution in [2.24, 2.45) is 10.8 Å². The number of hydrogen-bond acceptors (Lipinski definition) is 1. The van der Waals surface area contributed by atoms with E-state index in [0.29, 0.717) is 16.4 Å². The van der Waals surface area contributed by atoms with Crippen molar-refractivity contribution in [3.63, 3.8) is 0 Å². The largest absolute Gasteiger partial charge is 0.298 e. The van der Waals surface area contributed by atoms with Gasteiger partial charge in [-0.05, 0) is 62.9 Å². The molecule has 18 heavy (non-hydrogen) atoms. The quantitative estimate of drug-likeness (QED) is 0.692. The van der Waals surface area contributed by atoms with E-state index < -0.39 is 0 Å². The van der Waals surface area contributed by atoms with Crippen LogP contribution >= 0.6 is 0 Å². The lowest BCUT2D eigenvalue weighted by Gasteiger charge is -2.56. The van der Waals surface area contributed by atoms with E-state index in [2.05, 4.69) is 39.5 Å². The van der Waals surface area contributed by atoms with Crippen LogP contribution in [0.5, 0.6) is 0 Å². The third-order valence-corrected chi connectivity index (χ3v) is 5.84. The Morgan fingerprint density at radius 3 is 1.89 bits per heavy atom. The lowest BCUT2D eigenvalue weighted by molar-refractivity contribution is -0.0464. The molecule has 2 rings (SSSR count). The van der Waals surface area contributed by atoms with E-state index in [9.17, 15) is 0 Å². The molecule has 0 amide bonds. The van der Waals surface area contributed by atoms with Crippen LogP contribution in [0.15, 0.2) is 0 Å². The molecule has 2 fully saturated rings. The summed E-state index contributed by atoms with van der Waals surface area (Å²) in [7, 11) is 0. The molecule has 0 aromatic heterocycles. The van der Waals surface area contributed by atoms with Crippen molar-refractivity contribution in [3.05, 3.63) is 0 Å². The Morgan fingerprint density at radius 2 is 1.39 bits per heavy atom. The van der Waals surface area contributed by atoms with Crippen LogP contribution in [0.2, 0.25) is 0 Å². The molecule has 1 heteroatoms. The topological polar surface area (TPSA) is 3.24 Å². The van der Waals surface area contributed by atoms with E-state index in [1.54, 1.807) is 0 Å². The van der Waals surface area contributed by atoms with Crippen LogP contribution in [-0.4, -0.2) is 23.5 Å². The van der Waals surface area contributed by atoms with Crippen molar-refractivity contribution >= 4 is 0 Å². The van der Waals surface area contributed by atoms with E-state index in [1.807, 2.05) is 0 Å². The Bertz CT molecular complexity index is 284. The third-order valence-electron chi connectivity index (χ3n) is 5.84. The van der Waals surface area contributed by atoms with Gasteiger partial charge in [-0.3, -0.25) is 4.90 Å². The van der Waals surface area contributed by atoms with Crippen LogP contribution in [0.25, 0.3) is 0 Å². The lowest BCUT2D eigenvalue weighted by Crippen LogP contribution is -2.55. The predicted octanol–water partition coefficient (Wildman–Crippen LogP) is 4.86. The van der Waals surface area contributed by atoms with Crippen molar-refractivity contribution in [1.82, 2.24) is 4.90 Å². The van der Waals surface area contributed by atoms with Crippen molar-refractivity contribution < 1.29 is 0 Å². The minimum atomic E-state index is 0.463. The van der Waals surface area contributed by atoms with E-state index in [1.165, 1.54) is 58.0 Å². The standard InChI is InChI=1S/C17H33N/c1-6-17(7-2)13-15(3,4)12-16(5,14-17)18-10-8-9-11-18/h6-14H2,1-5H3. The van der Waals surface area contributed by atoms with Gasteiger partial charge in [0, 0.05) is 5.54 Å². The Labute approximate surface area is 114 Å². The summed E-state index contributed by atoms with van der Waals surface area (Å²) >= 11 is 0. The molecule has 0 bridgehead atoms. The van der Waals surface area contributed by atoms with E-state index in [-0.39, 0.29) is 0 Å². The first-order valence-electron chi connectivity index (χ1n) is 8.10. The van der Waals surface area contributed by atoms with Crippen molar-refractivity contribution in [3.8, 4) is 0 Å². The maximum absolute atomic E-state index is 2.81. The second-order valence-electron chi connectivity index (χ2n) is 8.09. The summed E-state index contributed by atoms with van der Waals surface area (Å²) < 4.78 is 0. The van der Waals surface area contributed by atoms with E-state index in [4.69, 9.17) is 0 Å². The Morgan fingerprint density at radius 1 is 0.833 bits per heavy atom. The zero-order valence-electron chi connectivity index (χ0n) is 13.3. The van der Waals surface area contributed by atoms with Crippen molar-refractivity contribution in [2.45, 2.75) is 85.1 Å². The monoisotopic (exact) mass is 251 g/mol. The summed E-state index contributed by atoms with van der Waals surface area (Å²) in [5.41, 5.74) is 1.57. The molecule has 0 spiro atoms. The molecule has 1 unspecified atom stereocenters. The first-order valence-corrected chi connectivity index (χ1v) is 8.10. The van der Waals surface area contributed by atoms with Crippen LogP contribution in [0.4, 0.5) is 0 Å². The smallest absolute Gasteiger partial charge is 0.0191 e. The van der Waals surface area contributed by atoms with Gasteiger partial charge in [-0.1, -0.05) is 40.5 Å². The van der Waals surface area contributed by atoms with Crippen LogP contribution in [-0.2, 0) is 0 Å². The molecule has 0 radical (unpaired) electrons. The molecular formula is C17H33N. The second kappa shape index (κ2) is 4.81. The fourth-order valence-corrected chi connectivity index (χ4v) is 5.27. The fourth-order valence-electron chi connectivity index (χ4n) is 5.27. The molecule has 2 aliphatic rings. The number of nitrogens with zero attached hydrogens (tertiary/aromatic N) is 1. The lowest BCUT2D eigenvalue weighted by atomic mass is 9.55. The molecule has 1 atom stereocenters. The molecule has 106 valence electrons. The van der Waals surface area contributed by atoms with E-state index >= 15 is 0 Å². The zero-order valence-corrected chi connectivity index (χ0v) is 13.3. The fraction of sp³-hybridized carbons (Fsp3) is 1.00. The predicted molar refractivity (Wildman–Crippen MR) is 79.9 cm³/mol. The van der Waals surface area contributed by atoms with Gasteiger partial charge >= 0.3 is 0 Å². The van der Waals surface area contributed by atoms with Crippen molar-refractivity contribution in [2.75, 3.05) is 13.1 Å². The summed E-state index contributed by atoms with van der Waals surface area (Å²) in [5, 5.41) is 0. The third kappa shape index (κ3) is 2.61. The summed E-state index contributed by atoms with van der Waals surface area (Å²) in [5.74, 6) is 0. The molecule has 1 saturated carbocycles. The van der Waals surface area contributed by atoms with Crippen LogP contribution in [0.1, 0.15) is 79.6 Å². The van der Waals surface area contributed by atoms with Gasteiger partial charge in [-0.25, -0.2) is 0 Å². The number of rotatable bonds is 3. The summed E-state index contributed by atoms with van der Waals surface area (Å²) in [4.78, 5) is 2.81. The first-order chi connectivity index (χ1) is 8.35. The molecule has 0 N–H and O–H groups in total. The average Bonchev–Trinajstić information content (AvgIpc) is 2.80. The van der Waals surface area contributed by atoms with Crippen LogP contribution in [0, 0.1) is 10.8 Å². The minimum Gasteiger partial charge on any atom is -0.298 e. The Hall–Kier alpha value is -0.0400. The molecule has 0 aromatic carbocycles. The SMILES string of the molecule is CCC1(CC)CC(C)(C)CC(C)(N2CCCC2)C1. The molecule has 1 saturated heterocycles. The maximum atomic E-state index is 2.81. The summed E-state index contributed by atoms with van der Waals surface area (Å²) in [6.07, 6.45) is 9.80. The molecule has 1 aliphatic heterocycles. The van der Waals surface area contributed by atoms with Gasteiger partial charge in [-0.15, -0.1) is 0 Å². The molecular weight excluding hydrogens is 218 g/mol. The average molecular weight is 251 g/mol. The van der Waals surface area contributed by atoms with Crippen LogP contribution < -0.4 is 0 Å². The van der Waals surface area contributed by atoms with Gasteiger partial charge < -0.3 is 0 Å². The number of likely N-dealkylation sites (tertiary alicyclic amines) is 1. The van der Waals surface area contributed by atoms with E-state index in [0.717, 1.165) is 0 Å². The first kappa shape index (κ1) is 14.4. The normalized spacial score (nSPS) is 35.8. The van der Waals surface area contributed by atoms with Gasteiger partial charge in [0.25, 0.3) is 0 Å². The number of hydrogen-bond donors (Lipinski definition) is 0. The zero-order chi connectivity index (χ0) is 13.4. The van der Waals surface area contributed by atoms with Crippen molar-refractivity contribution in [1.29, 1.82) is 0 Å². The minimum absolute atomic E-state index is 0.463. The summed E-state index contributed by atoms with van der Waals surface area (Å²) in [6, 6.07) is 0. The van der Waals surface area contributed by atoms with Gasteiger partial charge in [0.05, 0.1) is 0 Å².